The van der Waals surface area contributed by atoms with Crippen LogP contribution in [0.2, 0.25) is 0 Å². The summed E-state index contributed by atoms with van der Waals surface area (Å²) in [4.78, 5) is 21.5. The Labute approximate surface area is 181 Å². The fourth-order valence-corrected chi connectivity index (χ4v) is 3.65. The van der Waals surface area contributed by atoms with E-state index >= 15 is 0 Å². The second kappa shape index (κ2) is 8.07. The van der Waals surface area contributed by atoms with E-state index < -0.39 is 23.2 Å². The van der Waals surface area contributed by atoms with E-state index in [9.17, 15) is 18.8 Å². The van der Waals surface area contributed by atoms with Gasteiger partial charge in [0.15, 0.2) is 0 Å². The van der Waals surface area contributed by atoms with Crippen LogP contribution in [-0.4, -0.2) is 14.4 Å². The minimum Gasteiger partial charge on any atom is -0.368 e. The van der Waals surface area contributed by atoms with E-state index in [0.29, 0.717) is 22.3 Å². The topological polar surface area (TPSA) is 109 Å². The average Bonchev–Trinajstić information content (AvgIpc) is 2.73. The van der Waals surface area contributed by atoms with Crippen molar-refractivity contribution in [2.45, 2.75) is 19.9 Å². The van der Waals surface area contributed by atoms with E-state index in [1.165, 1.54) is 34.7 Å². The van der Waals surface area contributed by atoms with Crippen molar-refractivity contribution >= 4 is 17.3 Å². The number of aryl methyl sites for hydroxylation is 1. The van der Waals surface area contributed by atoms with Crippen LogP contribution < -0.4 is 16.6 Å². The Balaban J connectivity index is 1.94. The Morgan fingerprint density at radius 3 is 2.66 bits per heavy atom. The van der Waals surface area contributed by atoms with Gasteiger partial charge in [-0.05, 0) is 55.3 Å². The lowest BCUT2D eigenvalue weighted by Crippen LogP contribution is -2.21. The van der Waals surface area contributed by atoms with Crippen LogP contribution in [0.1, 0.15) is 29.8 Å². The van der Waals surface area contributed by atoms with Gasteiger partial charge in [0.1, 0.15) is 29.1 Å². The first-order valence-electron chi connectivity index (χ1n) is 9.70. The number of nitrogens with one attached hydrogen (secondary N) is 1. The molecular weight excluding hydrogens is 414 g/mol. The van der Waals surface area contributed by atoms with Crippen LogP contribution in [0.25, 0.3) is 16.6 Å². The van der Waals surface area contributed by atoms with Crippen molar-refractivity contribution in [3.8, 4) is 17.2 Å². The summed E-state index contributed by atoms with van der Waals surface area (Å²) in [5.41, 5.74) is 7.39. The highest BCUT2D eigenvalue weighted by Crippen LogP contribution is 2.30. The molecule has 9 heteroatoms. The summed E-state index contributed by atoms with van der Waals surface area (Å²) in [6.07, 6.45) is 1.09. The first kappa shape index (κ1) is 20.9. The number of nitrogens with two attached hydrogens (primary N) is 1. The zero-order valence-corrected chi connectivity index (χ0v) is 17.2. The summed E-state index contributed by atoms with van der Waals surface area (Å²) in [7, 11) is 0. The van der Waals surface area contributed by atoms with Crippen molar-refractivity contribution in [1.29, 1.82) is 5.26 Å². The zero-order valence-electron chi connectivity index (χ0n) is 17.2. The highest BCUT2D eigenvalue weighted by Gasteiger charge is 2.21. The first-order chi connectivity index (χ1) is 15.3. The number of hydrogen-bond acceptors (Lipinski definition) is 6. The van der Waals surface area contributed by atoms with Crippen molar-refractivity contribution in [2.24, 2.45) is 0 Å². The molecule has 0 fully saturated rings. The molecule has 1 atom stereocenters. The van der Waals surface area contributed by atoms with E-state index in [4.69, 9.17) is 5.73 Å². The van der Waals surface area contributed by atoms with Gasteiger partial charge in [-0.3, -0.25) is 9.20 Å². The molecule has 1 aromatic carbocycles. The number of anilines is 2. The zero-order chi connectivity index (χ0) is 23.0. The third kappa shape index (κ3) is 3.74. The number of fused-ring (bicyclic) bond motifs is 1. The third-order valence-electron chi connectivity index (χ3n) is 5.12. The molecule has 3 N–H and O–H groups in total. The average molecular weight is 432 g/mol. The molecule has 32 heavy (non-hydrogen) atoms. The standard InChI is InChI=1S/C23H18F2N6O/c1-12(28-21-19(10-26)13(2)29-23(27)30-21)18-9-17-7-6-16(25)11-31(17)22(32)20(18)14-4-3-5-15(24)8-14/h3-9,11-12H,1-2H3,(H3,27,28,29,30)/t12-/m1/s1. The molecular formula is C23H18F2N6O. The largest absolute Gasteiger partial charge is 0.368 e. The fraction of sp³-hybridized carbons (Fsp3) is 0.130. The second-order valence-corrected chi connectivity index (χ2v) is 7.30. The van der Waals surface area contributed by atoms with Crippen LogP contribution in [0.3, 0.4) is 0 Å². The Hall–Kier alpha value is -4.32. The van der Waals surface area contributed by atoms with Gasteiger partial charge >= 0.3 is 0 Å². The van der Waals surface area contributed by atoms with Crippen LogP contribution in [0.5, 0.6) is 0 Å². The number of benzene rings is 1. The van der Waals surface area contributed by atoms with Crippen molar-refractivity contribution in [3.05, 3.63) is 87.5 Å². The molecule has 0 amide bonds. The maximum Gasteiger partial charge on any atom is 0.263 e. The first-order valence-corrected chi connectivity index (χ1v) is 9.70. The number of pyridine rings is 2. The SMILES string of the molecule is Cc1nc(N)nc(N[C@H](C)c2cc3ccc(F)cn3c(=O)c2-c2cccc(F)c2)c1C#N. The summed E-state index contributed by atoms with van der Waals surface area (Å²) in [6, 6.07) is 11.6. The van der Waals surface area contributed by atoms with Gasteiger partial charge in [-0.1, -0.05) is 12.1 Å². The van der Waals surface area contributed by atoms with E-state index in [-0.39, 0.29) is 22.9 Å². The van der Waals surface area contributed by atoms with Crippen LogP contribution >= 0.6 is 0 Å². The fourth-order valence-electron chi connectivity index (χ4n) is 3.65. The van der Waals surface area contributed by atoms with Gasteiger partial charge in [0, 0.05) is 11.7 Å². The quantitative estimate of drug-likeness (QED) is 0.505. The number of nitrogen functional groups attached to an aromatic ring is 1. The Kier molecular flexibility index (Phi) is 5.28. The molecule has 0 radical (unpaired) electrons. The monoisotopic (exact) mass is 432 g/mol. The maximum atomic E-state index is 14.0. The van der Waals surface area contributed by atoms with Crippen molar-refractivity contribution in [3.63, 3.8) is 0 Å². The molecule has 0 bridgehead atoms. The number of aromatic nitrogens is 3. The maximum absolute atomic E-state index is 14.0. The molecule has 0 aliphatic carbocycles. The van der Waals surface area contributed by atoms with E-state index in [1.54, 1.807) is 26.0 Å². The van der Waals surface area contributed by atoms with E-state index in [1.807, 2.05) is 6.07 Å². The third-order valence-corrected chi connectivity index (χ3v) is 5.12. The molecule has 4 aromatic rings. The van der Waals surface area contributed by atoms with Crippen molar-refractivity contribution in [1.82, 2.24) is 14.4 Å². The predicted molar refractivity (Wildman–Crippen MR) is 117 cm³/mol. The minimum atomic E-state index is -0.575. The summed E-state index contributed by atoms with van der Waals surface area (Å²) >= 11 is 0. The van der Waals surface area contributed by atoms with Crippen LogP contribution in [-0.2, 0) is 0 Å². The molecule has 0 aliphatic rings. The van der Waals surface area contributed by atoms with Gasteiger partial charge in [0.25, 0.3) is 5.56 Å². The molecule has 7 nitrogen and oxygen atoms in total. The number of rotatable bonds is 4. The number of halogens is 2. The summed E-state index contributed by atoms with van der Waals surface area (Å²) in [5, 5.41) is 12.6. The lowest BCUT2D eigenvalue weighted by molar-refractivity contribution is 0.618. The smallest absolute Gasteiger partial charge is 0.263 e. The molecule has 3 aromatic heterocycles. The van der Waals surface area contributed by atoms with Crippen LogP contribution in [0.4, 0.5) is 20.5 Å². The van der Waals surface area contributed by atoms with Gasteiger partial charge < -0.3 is 11.1 Å². The van der Waals surface area contributed by atoms with Crippen LogP contribution in [0, 0.1) is 29.9 Å². The molecule has 160 valence electrons. The van der Waals surface area contributed by atoms with Gasteiger partial charge in [0.2, 0.25) is 5.95 Å². The minimum absolute atomic E-state index is 0.00406. The van der Waals surface area contributed by atoms with Gasteiger partial charge in [-0.15, -0.1) is 0 Å². The molecule has 0 spiro atoms. The summed E-state index contributed by atoms with van der Waals surface area (Å²) < 4.78 is 29.0. The molecule has 0 aliphatic heterocycles. The molecule has 4 rings (SSSR count). The Bertz CT molecular complexity index is 1460. The van der Waals surface area contributed by atoms with Crippen molar-refractivity contribution < 1.29 is 8.78 Å². The highest BCUT2D eigenvalue weighted by molar-refractivity contribution is 5.71. The molecule has 0 saturated carbocycles. The number of nitrogens with zero attached hydrogens (tertiary/aromatic N) is 4. The highest BCUT2D eigenvalue weighted by atomic mass is 19.1. The predicted octanol–water partition coefficient (Wildman–Crippen LogP) is 3.97. The van der Waals surface area contributed by atoms with E-state index in [2.05, 4.69) is 15.3 Å². The molecule has 3 heterocycles. The van der Waals surface area contributed by atoms with Crippen molar-refractivity contribution in [2.75, 3.05) is 11.1 Å². The number of hydrogen-bond donors (Lipinski definition) is 2. The van der Waals surface area contributed by atoms with Crippen LogP contribution in [0.15, 0.2) is 53.5 Å². The van der Waals surface area contributed by atoms with E-state index in [0.717, 1.165) is 6.20 Å². The molecule has 0 saturated heterocycles. The lowest BCUT2D eigenvalue weighted by Gasteiger charge is -2.20. The summed E-state index contributed by atoms with van der Waals surface area (Å²) in [6.45, 7) is 3.41. The van der Waals surface area contributed by atoms with Gasteiger partial charge in [-0.25, -0.2) is 13.8 Å². The molecule has 0 unspecified atom stereocenters. The van der Waals surface area contributed by atoms with Gasteiger partial charge in [-0.2, -0.15) is 10.2 Å². The Morgan fingerprint density at radius 2 is 1.94 bits per heavy atom. The normalized spacial score (nSPS) is 11.8. The second-order valence-electron chi connectivity index (χ2n) is 7.30. The lowest BCUT2D eigenvalue weighted by atomic mass is 9.96. The number of nitriles is 1. The van der Waals surface area contributed by atoms with Gasteiger partial charge in [0.05, 0.1) is 17.3 Å². The Morgan fingerprint density at radius 1 is 1.16 bits per heavy atom. The summed E-state index contributed by atoms with van der Waals surface area (Å²) in [5.74, 6) is -0.872.